The van der Waals surface area contributed by atoms with Crippen LogP contribution in [0.25, 0.3) is 10.9 Å². The summed E-state index contributed by atoms with van der Waals surface area (Å²) >= 11 is 0. The van der Waals surface area contributed by atoms with Gasteiger partial charge in [0.25, 0.3) is 0 Å². The summed E-state index contributed by atoms with van der Waals surface area (Å²) in [4.78, 5) is 0. The predicted octanol–water partition coefficient (Wildman–Crippen LogP) is 3.92. The zero-order valence-electron chi connectivity index (χ0n) is 9.31. The van der Waals surface area contributed by atoms with Gasteiger partial charge in [0.1, 0.15) is 0 Å². The number of nitrogens with one attached hydrogen (secondary N) is 1. The Kier molecular flexibility index (Phi) is 3.57. The summed E-state index contributed by atoms with van der Waals surface area (Å²) in [7, 11) is 0. The van der Waals surface area contributed by atoms with Crippen LogP contribution in [0.1, 0.15) is 25.1 Å². The van der Waals surface area contributed by atoms with E-state index in [9.17, 15) is 13.2 Å². The van der Waals surface area contributed by atoms with E-state index in [2.05, 4.69) is 10.2 Å². The fourth-order valence-corrected chi connectivity index (χ4v) is 1.46. The summed E-state index contributed by atoms with van der Waals surface area (Å²) in [6, 6.07) is 3.96. The highest BCUT2D eigenvalue weighted by Crippen LogP contribution is 2.35. The van der Waals surface area contributed by atoms with Crippen LogP contribution in [0.2, 0.25) is 0 Å². The molecule has 0 spiro atoms. The Morgan fingerprint density at radius 3 is 2.38 bits per heavy atom. The van der Waals surface area contributed by atoms with E-state index in [0.29, 0.717) is 11.2 Å². The number of aryl methyl sites for hydroxylation is 1. The second kappa shape index (κ2) is 4.55. The number of hydrogen-bond acceptors (Lipinski definition) is 1. The number of aromatic nitrogens is 2. The summed E-state index contributed by atoms with van der Waals surface area (Å²) in [5.41, 5.74) is 0.145. The van der Waals surface area contributed by atoms with Gasteiger partial charge < -0.3 is 0 Å². The maximum atomic E-state index is 12.5. The molecule has 0 radical (unpaired) electrons. The number of alkyl halides is 3. The summed E-state index contributed by atoms with van der Waals surface area (Å²) < 4.78 is 37.6. The zero-order chi connectivity index (χ0) is 12.3. The third kappa shape index (κ3) is 2.18. The van der Waals surface area contributed by atoms with E-state index in [0.717, 1.165) is 6.07 Å². The molecule has 2 aromatic rings. The van der Waals surface area contributed by atoms with E-state index in [-0.39, 0.29) is 5.39 Å². The van der Waals surface area contributed by atoms with Crippen molar-refractivity contribution in [2.24, 2.45) is 0 Å². The molecule has 2 rings (SSSR count). The van der Waals surface area contributed by atoms with Crippen molar-refractivity contribution in [3.8, 4) is 0 Å². The molecule has 1 N–H and O–H groups in total. The zero-order valence-corrected chi connectivity index (χ0v) is 9.31. The molecule has 2 nitrogen and oxygen atoms in total. The molecule has 0 saturated carbocycles. The molecular weight excluding hydrogens is 217 g/mol. The van der Waals surface area contributed by atoms with Gasteiger partial charge in [-0.2, -0.15) is 18.3 Å². The number of H-pyrrole nitrogens is 1. The van der Waals surface area contributed by atoms with Crippen molar-refractivity contribution in [3.05, 3.63) is 29.5 Å². The van der Waals surface area contributed by atoms with Crippen LogP contribution >= 0.6 is 0 Å². The molecule has 0 atom stereocenters. The van der Waals surface area contributed by atoms with Gasteiger partial charge in [-0.25, -0.2) is 0 Å². The molecule has 16 heavy (non-hydrogen) atoms. The molecule has 1 aromatic carbocycles. The highest BCUT2D eigenvalue weighted by molar-refractivity contribution is 5.85. The highest BCUT2D eigenvalue weighted by Gasteiger charge is 2.33. The van der Waals surface area contributed by atoms with Gasteiger partial charge in [0.05, 0.1) is 11.1 Å². The van der Waals surface area contributed by atoms with Gasteiger partial charge in [0.2, 0.25) is 0 Å². The summed E-state index contributed by atoms with van der Waals surface area (Å²) in [6.45, 7) is 5.57. The second-order valence-corrected chi connectivity index (χ2v) is 3.05. The first kappa shape index (κ1) is 12.5. The fraction of sp³-hybridized carbons (Fsp3) is 0.364. The molecule has 0 amide bonds. The van der Waals surface area contributed by atoms with Crippen LogP contribution < -0.4 is 0 Å². The van der Waals surface area contributed by atoms with Crippen molar-refractivity contribution < 1.29 is 13.2 Å². The number of rotatable bonds is 0. The van der Waals surface area contributed by atoms with Crippen molar-refractivity contribution in [1.29, 1.82) is 0 Å². The molecule has 0 bridgehead atoms. The van der Waals surface area contributed by atoms with E-state index in [1.165, 1.54) is 6.07 Å². The number of aromatic amines is 1. The van der Waals surface area contributed by atoms with Gasteiger partial charge in [-0.15, -0.1) is 0 Å². The average molecular weight is 230 g/mol. The molecule has 0 aliphatic heterocycles. The molecule has 0 aliphatic carbocycles. The Hall–Kier alpha value is -1.52. The second-order valence-electron chi connectivity index (χ2n) is 3.05. The topological polar surface area (TPSA) is 28.7 Å². The van der Waals surface area contributed by atoms with Crippen LogP contribution in [0.15, 0.2) is 18.2 Å². The first-order valence-electron chi connectivity index (χ1n) is 5.01. The average Bonchev–Trinajstić information content (AvgIpc) is 2.62. The SMILES string of the molecule is CC.Cc1[nH]nc2cccc(C(F)(F)F)c12. The van der Waals surface area contributed by atoms with Crippen molar-refractivity contribution in [1.82, 2.24) is 10.2 Å². The molecule has 0 aliphatic rings. The third-order valence-electron chi connectivity index (χ3n) is 2.07. The van der Waals surface area contributed by atoms with Gasteiger partial charge in [0.15, 0.2) is 0 Å². The minimum atomic E-state index is -4.33. The first-order valence-corrected chi connectivity index (χ1v) is 5.01. The summed E-state index contributed by atoms with van der Waals surface area (Å²) in [6.07, 6.45) is -4.33. The van der Waals surface area contributed by atoms with Crippen molar-refractivity contribution in [2.75, 3.05) is 0 Å². The number of fused-ring (bicyclic) bond motifs is 1. The Bertz CT molecular complexity index is 472. The Balaban J connectivity index is 0.000000606. The normalized spacial score (nSPS) is 11.1. The number of benzene rings is 1. The van der Waals surface area contributed by atoms with Gasteiger partial charge in [-0.05, 0) is 19.1 Å². The molecule has 5 heteroatoms. The van der Waals surface area contributed by atoms with Gasteiger partial charge >= 0.3 is 6.18 Å². The van der Waals surface area contributed by atoms with Crippen LogP contribution in [0.3, 0.4) is 0 Å². The van der Waals surface area contributed by atoms with E-state index >= 15 is 0 Å². The molecule has 1 heterocycles. The molecule has 0 unspecified atom stereocenters. The van der Waals surface area contributed by atoms with Crippen molar-refractivity contribution in [3.63, 3.8) is 0 Å². The van der Waals surface area contributed by atoms with Crippen molar-refractivity contribution in [2.45, 2.75) is 26.9 Å². The molecule has 0 saturated heterocycles. The summed E-state index contributed by atoms with van der Waals surface area (Å²) in [5, 5.41) is 6.46. The largest absolute Gasteiger partial charge is 0.417 e. The van der Waals surface area contributed by atoms with Crippen LogP contribution in [0.5, 0.6) is 0 Å². The molecule has 0 fully saturated rings. The van der Waals surface area contributed by atoms with Crippen LogP contribution in [0.4, 0.5) is 13.2 Å². The lowest BCUT2D eigenvalue weighted by Crippen LogP contribution is -2.05. The van der Waals surface area contributed by atoms with Gasteiger partial charge in [-0.1, -0.05) is 19.9 Å². The molecular formula is C11H13F3N2. The van der Waals surface area contributed by atoms with Crippen molar-refractivity contribution >= 4 is 10.9 Å². The number of halogens is 3. The fourth-order valence-electron chi connectivity index (χ4n) is 1.46. The van der Waals surface area contributed by atoms with Crippen LogP contribution in [-0.4, -0.2) is 10.2 Å². The Morgan fingerprint density at radius 2 is 1.81 bits per heavy atom. The van der Waals surface area contributed by atoms with E-state index < -0.39 is 11.7 Å². The smallest absolute Gasteiger partial charge is 0.282 e. The van der Waals surface area contributed by atoms with E-state index in [4.69, 9.17) is 0 Å². The van der Waals surface area contributed by atoms with Crippen LogP contribution in [-0.2, 0) is 6.18 Å². The monoisotopic (exact) mass is 230 g/mol. The minimum absolute atomic E-state index is 0.153. The van der Waals surface area contributed by atoms with Crippen LogP contribution in [0, 0.1) is 6.92 Å². The molecule has 1 aromatic heterocycles. The van der Waals surface area contributed by atoms with E-state index in [1.54, 1.807) is 13.0 Å². The lowest BCUT2D eigenvalue weighted by molar-refractivity contribution is -0.136. The number of nitrogens with zero attached hydrogens (tertiary/aromatic N) is 1. The number of hydrogen-bond donors (Lipinski definition) is 1. The highest BCUT2D eigenvalue weighted by atomic mass is 19.4. The van der Waals surface area contributed by atoms with E-state index in [1.807, 2.05) is 13.8 Å². The first-order chi connectivity index (χ1) is 7.50. The van der Waals surface area contributed by atoms with Gasteiger partial charge in [0, 0.05) is 11.1 Å². The third-order valence-corrected chi connectivity index (χ3v) is 2.07. The maximum Gasteiger partial charge on any atom is 0.417 e. The summed E-state index contributed by atoms with van der Waals surface area (Å²) in [5.74, 6) is 0. The lowest BCUT2D eigenvalue weighted by Gasteiger charge is -2.07. The quantitative estimate of drug-likeness (QED) is 0.730. The standard InChI is InChI=1S/C9H7F3N2.C2H6/c1-5-8-6(9(10,11)12)3-2-4-7(8)14-13-5;1-2/h2-4H,1H3,(H,13,14);1-2H3. The minimum Gasteiger partial charge on any atom is -0.282 e. The lowest BCUT2D eigenvalue weighted by atomic mass is 10.1. The Morgan fingerprint density at radius 1 is 1.19 bits per heavy atom. The molecule has 88 valence electrons. The predicted molar refractivity (Wildman–Crippen MR) is 57.2 cm³/mol. The van der Waals surface area contributed by atoms with Gasteiger partial charge in [-0.3, -0.25) is 5.10 Å². The Labute approximate surface area is 91.5 Å². The maximum absolute atomic E-state index is 12.5.